The molecule has 0 amide bonds. The molecule has 2 rings (SSSR count). The van der Waals surface area contributed by atoms with E-state index in [1.54, 1.807) is 12.1 Å². The maximum atomic E-state index is 13.1. The number of hydrogen-bond donors (Lipinski definition) is 1. The minimum Gasteiger partial charge on any atom is -0.490 e. The fourth-order valence-corrected chi connectivity index (χ4v) is 2.51. The first-order valence-corrected chi connectivity index (χ1v) is 6.30. The van der Waals surface area contributed by atoms with Gasteiger partial charge in [0.05, 0.1) is 0 Å². The van der Waals surface area contributed by atoms with Crippen LogP contribution in [0.15, 0.2) is 18.2 Å². The molecule has 0 fully saturated rings. The highest BCUT2D eigenvalue weighted by atomic mass is 19.1. The van der Waals surface area contributed by atoms with Gasteiger partial charge in [-0.05, 0) is 37.5 Å². The van der Waals surface area contributed by atoms with Gasteiger partial charge in [0.15, 0.2) is 0 Å². The van der Waals surface area contributed by atoms with Crippen molar-refractivity contribution >= 4 is 0 Å². The van der Waals surface area contributed by atoms with Crippen molar-refractivity contribution in [1.29, 1.82) is 0 Å². The third kappa shape index (κ3) is 2.78. The molecule has 2 nitrogen and oxygen atoms in total. The molecule has 3 heteroatoms. The van der Waals surface area contributed by atoms with E-state index in [1.807, 2.05) is 6.92 Å². The van der Waals surface area contributed by atoms with E-state index < -0.39 is 0 Å². The van der Waals surface area contributed by atoms with Gasteiger partial charge in [-0.1, -0.05) is 13.3 Å². The molecule has 94 valence electrons. The Labute approximate surface area is 102 Å². The largest absolute Gasteiger partial charge is 0.490 e. The number of fused-ring (bicyclic) bond motifs is 1. The van der Waals surface area contributed by atoms with Crippen LogP contribution < -0.4 is 10.5 Å². The fraction of sp³-hybridized carbons (Fsp3) is 0.571. The molecule has 1 aromatic carbocycles. The van der Waals surface area contributed by atoms with E-state index in [-0.39, 0.29) is 18.0 Å². The van der Waals surface area contributed by atoms with Crippen LogP contribution in [0.3, 0.4) is 0 Å². The van der Waals surface area contributed by atoms with Crippen LogP contribution in [0.4, 0.5) is 4.39 Å². The lowest BCUT2D eigenvalue weighted by Crippen LogP contribution is -2.30. The lowest BCUT2D eigenvalue weighted by Gasteiger charge is -2.22. The van der Waals surface area contributed by atoms with E-state index in [0.29, 0.717) is 5.92 Å². The van der Waals surface area contributed by atoms with Crippen molar-refractivity contribution in [3.8, 4) is 5.75 Å². The predicted octanol–water partition coefficient (Wildman–Crippen LogP) is 2.89. The van der Waals surface area contributed by atoms with Gasteiger partial charge in [0.1, 0.15) is 17.7 Å². The van der Waals surface area contributed by atoms with Gasteiger partial charge < -0.3 is 10.5 Å². The molecule has 17 heavy (non-hydrogen) atoms. The van der Waals surface area contributed by atoms with Gasteiger partial charge in [-0.2, -0.15) is 0 Å². The van der Waals surface area contributed by atoms with Crippen molar-refractivity contribution in [2.45, 2.75) is 45.3 Å². The molecule has 1 heterocycles. The van der Waals surface area contributed by atoms with Crippen molar-refractivity contribution in [1.82, 2.24) is 0 Å². The Balaban J connectivity index is 2.00. The Hall–Kier alpha value is -1.09. The second-order valence-corrected chi connectivity index (χ2v) is 4.96. The van der Waals surface area contributed by atoms with Crippen LogP contribution in [0.2, 0.25) is 0 Å². The molecule has 3 atom stereocenters. The molecular formula is C14H20FNO. The molecule has 0 spiro atoms. The second kappa shape index (κ2) is 5.05. The van der Waals surface area contributed by atoms with Crippen LogP contribution in [0.1, 0.15) is 32.3 Å². The summed E-state index contributed by atoms with van der Waals surface area (Å²) in [7, 11) is 0. The minimum absolute atomic E-state index is 0.155. The van der Waals surface area contributed by atoms with Crippen molar-refractivity contribution in [3.63, 3.8) is 0 Å². The van der Waals surface area contributed by atoms with Crippen LogP contribution in [-0.4, -0.2) is 12.1 Å². The maximum absolute atomic E-state index is 13.1. The summed E-state index contributed by atoms with van der Waals surface area (Å²) in [5.41, 5.74) is 6.92. The van der Waals surface area contributed by atoms with Gasteiger partial charge in [-0.15, -0.1) is 0 Å². The first-order valence-electron chi connectivity index (χ1n) is 6.30. The van der Waals surface area contributed by atoms with Gasteiger partial charge in [0, 0.05) is 18.0 Å². The van der Waals surface area contributed by atoms with E-state index in [9.17, 15) is 4.39 Å². The number of ether oxygens (including phenoxy) is 1. The minimum atomic E-state index is -0.188. The Morgan fingerprint density at radius 3 is 2.94 bits per heavy atom. The summed E-state index contributed by atoms with van der Waals surface area (Å²) in [6.07, 6.45) is 2.96. The molecular weight excluding hydrogens is 217 g/mol. The first kappa shape index (κ1) is 12.4. The van der Waals surface area contributed by atoms with E-state index >= 15 is 0 Å². The average molecular weight is 237 g/mol. The van der Waals surface area contributed by atoms with Gasteiger partial charge >= 0.3 is 0 Å². The number of halogens is 1. The van der Waals surface area contributed by atoms with Gasteiger partial charge in [-0.25, -0.2) is 4.39 Å². The van der Waals surface area contributed by atoms with E-state index in [0.717, 1.165) is 30.6 Å². The van der Waals surface area contributed by atoms with Crippen LogP contribution in [0.5, 0.6) is 5.75 Å². The highest BCUT2D eigenvalue weighted by Crippen LogP contribution is 2.32. The molecule has 0 bridgehead atoms. The summed E-state index contributed by atoms with van der Waals surface area (Å²) >= 11 is 0. The number of rotatable bonds is 4. The standard InChI is InChI=1S/C14H20FNO/c1-3-10(9(2)16)7-13-8-11-6-12(15)4-5-14(11)17-13/h4-6,9-10,13H,3,7-8,16H2,1-2H3. The summed E-state index contributed by atoms with van der Waals surface area (Å²) in [5, 5.41) is 0. The van der Waals surface area contributed by atoms with E-state index in [2.05, 4.69) is 6.92 Å². The zero-order valence-corrected chi connectivity index (χ0v) is 10.4. The molecule has 0 radical (unpaired) electrons. The summed E-state index contributed by atoms with van der Waals surface area (Å²) < 4.78 is 18.9. The van der Waals surface area contributed by atoms with E-state index in [1.165, 1.54) is 6.07 Å². The van der Waals surface area contributed by atoms with Crippen LogP contribution in [0.25, 0.3) is 0 Å². The SMILES string of the molecule is CCC(CC1Cc2cc(F)ccc2O1)C(C)N. The smallest absolute Gasteiger partial charge is 0.123 e. The lowest BCUT2D eigenvalue weighted by molar-refractivity contribution is 0.183. The number of benzene rings is 1. The molecule has 0 saturated carbocycles. The highest BCUT2D eigenvalue weighted by molar-refractivity contribution is 5.37. The Morgan fingerprint density at radius 1 is 1.53 bits per heavy atom. The maximum Gasteiger partial charge on any atom is 0.123 e. The van der Waals surface area contributed by atoms with Crippen molar-refractivity contribution in [2.24, 2.45) is 11.7 Å². The second-order valence-electron chi connectivity index (χ2n) is 4.96. The summed E-state index contributed by atoms with van der Waals surface area (Å²) in [6, 6.07) is 4.92. The first-order chi connectivity index (χ1) is 8.10. The zero-order chi connectivity index (χ0) is 12.4. The van der Waals surface area contributed by atoms with E-state index in [4.69, 9.17) is 10.5 Å². The predicted molar refractivity (Wildman–Crippen MR) is 66.6 cm³/mol. The normalized spacial score (nSPS) is 21.8. The summed E-state index contributed by atoms with van der Waals surface area (Å²) in [6.45, 7) is 4.19. The van der Waals surface area contributed by atoms with Gasteiger partial charge in [0.2, 0.25) is 0 Å². The molecule has 1 aliphatic heterocycles. The Morgan fingerprint density at radius 2 is 2.29 bits per heavy atom. The highest BCUT2D eigenvalue weighted by Gasteiger charge is 2.26. The van der Waals surface area contributed by atoms with Crippen molar-refractivity contribution in [2.75, 3.05) is 0 Å². The molecule has 1 aliphatic rings. The van der Waals surface area contributed by atoms with Gasteiger partial charge in [0.25, 0.3) is 0 Å². The van der Waals surface area contributed by atoms with Crippen molar-refractivity contribution in [3.05, 3.63) is 29.6 Å². The third-order valence-corrected chi connectivity index (χ3v) is 3.60. The Bertz CT molecular complexity index is 392. The molecule has 0 aliphatic carbocycles. The van der Waals surface area contributed by atoms with Crippen LogP contribution >= 0.6 is 0 Å². The lowest BCUT2D eigenvalue weighted by atomic mass is 9.91. The van der Waals surface area contributed by atoms with Crippen molar-refractivity contribution < 1.29 is 9.13 Å². The topological polar surface area (TPSA) is 35.2 Å². The van der Waals surface area contributed by atoms with Crippen LogP contribution in [0, 0.1) is 11.7 Å². The number of hydrogen-bond acceptors (Lipinski definition) is 2. The summed E-state index contributed by atoms with van der Waals surface area (Å²) in [5.74, 6) is 1.11. The molecule has 1 aromatic rings. The van der Waals surface area contributed by atoms with Gasteiger partial charge in [-0.3, -0.25) is 0 Å². The summed E-state index contributed by atoms with van der Waals surface area (Å²) in [4.78, 5) is 0. The molecule has 0 saturated heterocycles. The number of nitrogens with two attached hydrogens (primary N) is 1. The monoisotopic (exact) mass is 237 g/mol. The molecule has 3 unspecified atom stereocenters. The molecule has 2 N–H and O–H groups in total. The Kier molecular flexibility index (Phi) is 3.67. The average Bonchev–Trinajstić information content (AvgIpc) is 2.66. The molecule has 0 aromatic heterocycles. The fourth-order valence-electron chi connectivity index (χ4n) is 2.51. The third-order valence-electron chi connectivity index (χ3n) is 3.60. The van der Waals surface area contributed by atoms with Crippen LogP contribution in [-0.2, 0) is 6.42 Å². The zero-order valence-electron chi connectivity index (χ0n) is 10.4. The quantitative estimate of drug-likeness (QED) is 0.874.